The fourth-order valence-electron chi connectivity index (χ4n) is 2.28. The first-order valence-corrected chi connectivity index (χ1v) is 6.00. The van der Waals surface area contributed by atoms with Crippen molar-refractivity contribution in [3.05, 3.63) is 29.3 Å². The maximum absolute atomic E-state index is 10.8. The number of nitrogens with zero attached hydrogens (tertiary/aromatic N) is 1. The summed E-state index contributed by atoms with van der Waals surface area (Å²) in [5.41, 5.74) is 9.47. The lowest BCUT2D eigenvalue weighted by Gasteiger charge is -2.29. The van der Waals surface area contributed by atoms with E-state index < -0.39 is 0 Å². The third kappa shape index (κ3) is 2.97. The van der Waals surface area contributed by atoms with Crippen LogP contribution >= 0.6 is 0 Å². The van der Waals surface area contributed by atoms with Gasteiger partial charge in [0.2, 0.25) is 5.91 Å². The summed E-state index contributed by atoms with van der Waals surface area (Å²) in [7, 11) is 0. The molecule has 0 saturated heterocycles. The van der Waals surface area contributed by atoms with Crippen LogP contribution in [0.2, 0.25) is 0 Å². The largest absolute Gasteiger partial charge is 0.398 e. The van der Waals surface area contributed by atoms with Gasteiger partial charge in [0.1, 0.15) is 0 Å². The Hall–Kier alpha value is -1.55. The van der Waals surface area contributed by atoms with E-state index in [0.717, 1.165) is 31.7 Å². The van der Waals surface area contributed by atoms with Crippen LogP contribution < -0.4 is 11.1 Å². The lowest BCUT2D eigenvalue weighted by Crippen LogP contribution is -2.37. The van der Waals surface area contributed by atoms with E-state index in [1.165, 1.54) is 11.1 Å². The molecule has 3 N–H and O–H groups in total. The Morgan fingerprint density at radius 2 is 2.35 bits per heavy atom. The van der Waals surface area contributed by atoms with Crippen LogP contribution in [-0.2, 0) is 17.8 Å². The molecule has 0 fully saturated rings. The molecule has 1 heterocycles. The highest BCUT2D eigenvalue weighted by Crippen LogP contribution is 2.23. The van der Waals surface area contributed by atoms with E-state index in [2.05, 4.69) is 16.3 Å². The van der Waals surface area contributed by atoms with Gasteiger partial charge >= 0.3 is 0 Å². The van der Waals surface area contributed by atoms with E-state index in [1.807, 2.05) is 12.1 Å². The van der Waals surface area contributed by atoms with E-state index >= 15 is 0 Å². The van der Waals surface area contributed by atoms with Crippen molar-refractivity contribution in [1.29, 1.82) is 0 Å². The highest BCUT2D eigenvalue weighted by molar-refractivity contribution is 5.72. The number of nitrogens with one attached hydrogen (secondary N) is 1. The van der Waals surface area contributed by atoms with Gasteiger partial charge in [-0.25, -0.2) is 0 Å². The normalized spacial score (nSPS) is 15.4. The van der Waals surface area contributed by atoms with Crippen molar-refractivity contribution in [3.8, 4) is 0 Å². The van der Waals surface area contributed by atoms with Crippen LogP contribution in [0.3, 0.4) is 0 Å². The molecule has 0 bridgehead atoms. The molecule has 4 heteroatoms. The van der Waals surface area contributed by atoms with Gasteiger partial charge < -0.3 is 11.1 Å². The van der Waals surface area contributed by atoms with E-state index in [1.54, 1.807) is 6.92 Å². The Kier molecular flexibility index (Phi) is 3.64. The number of anilines is 1. The number of benzene rings is 1. The molecule has 1 aliphatic heterocycles. The number of hydrogen-bond donors (Lipinski definition) is 2. The highest BCUT2D eigenvalue weighted by Gasteiger charge is 2.17. The van der Waals surface area contributed by atoms with Crippen molar-refractivity contribution in [1.82, 2.24) is 10.2 Å². The minimum Gasteiger partial charge on any atom is -0.398 e. The van der Waals surface area contributed by atoms with Crippen LogP contribution in [-0.4, -0.2) is 30.4 Å². The number of nitrogens with two attached hydrogens (primary N) is 1. The topological polar surface area (TPSA) is 58.4 Å². The van der Waals surface area contributed by atoms with Crippen molar-refractivity contribution in [3.63, 3.8) is 0 Å². The first-order chi connectivity index (χ1) is 8.16. The zero-order chi connectivity index (χ0) is 12.3. The third-order valence-electron chi connectivity index (χ3n) is 3.18. The van der Waals surface area contributed by atoms with Crippen LogP contribution in [0.1, 0.15) is 18.1 Å². The standard InChI is InChI=1S/C13H19N3O/c1-10(17)15-6-8-16-7-5-12-11(9-16)3-2-4-13(12)14/h2-4H,5-9,14H2,1H3,(H,15,17). The number of nitrogen functional groups attached to an aromatic ring is 1. The SMILES string of the molecule is CC(=O)NCCN1CCc2c(N)cccc2C1. The first kappa shape index (κ1) is 11.9. The molecule has 1 amide bonds. The predicted octanol–water partition coefficient (Wildman–Crippen LogP) is 0.763. The number of carbonyl (C=O) groups excluding carboxylic acids is 1. The molecule has 4 nitrogen and oxygen atoms in total. The molecule has 0 aromatic heterocycles. The number of amides is 1. The summed E-state index contributed by atoms with van der Waals surface area (Å²) < 4.78 is 0. The van der Waals surface area contributed by atoms with Crippen molar-refractivity contribution in [2.24, 2.45) is 0 Å². The summed E-state index contributed by atoms with van der Waals surface area (Å²) in [4.78, 5) is 13.1. The van der Waals surface area contributed by atoms with Crippen molar-refractivity contribution in [2.75, 3.05) is 25.4 Å². The smallest absolute Gasteiger partial charge is 0.216 e. The van der Waals surface area contributed by atoms with Gasteiger partial charge in [-0.1, -0.05) is 12.1 Å². The van der Waals surface area contributed by atoms with E-state index in [9.17, 15) is 4.79 Å². The maximum atomic E-state index is 10.8. The number of hydrogen-bond acceptors (Lipinski definition) is 3. The second-order valence-corrected chi connectivity index (χ2v) is 4.49. The predicted molar refractivity (Wildman–Crippen MR) is 68.5 cm³/mol. The maximum Gasteiger partial charge on any atom is 0.216 e. The molecular formula is C13H19N3O. The van der Waals surface area contributed by atoms with Gasteiger partial charge in [-0.2, -0.15) is 0 Å². The third-order valence-corrected chi connectivity index (χ3v) is 3.18. The zero-order valence-corrected chi connectivity index (χ0v) is 10.2. The summed E-state index contributed by atoms with van der Waals surface area (Å²) >= 11 is 0. The van der Waals surface area contributed by atoms with Gasteiger partial charge in [-0.3, -0.25) is 9.69 Å². The average Bonchev–Trinajstić information content (AvgIpc) is 2.29. The number of fused-ring (bicyclic) bond motifs is 1. The lowest BCUT2D eigenvalue weighted by molar-refractivity contribution is -0.119. The van der Waals surface area contributed by atoms with E-state index in [4.69, 9.17) is 5.73 Å². The highest BCUT2D eigenvalue weighted by atomic mass is 16.1. The Morgan fingerprint density at radius 3 is 3.12 bits per heavy atom. The molecule has 1 aliphatic rings. The fraction of sp³-hybridized carbons (Fsp3) is 0.462. The van der Waals surface area contributed by atoms with Crippen LogP contribution in [0, 0.1) is 0 Å². The summed E-state index contributed by atoms with van der Waals surface area (Å²) in [6.45, 7) is 5.10. The molecule has 0 spiro atoms. The van der Waals surface area contributed by atoms with Gasteiger partial charge in [-0.05, 0) is 23.6 Å². The summed E-state index contributed by atoms with van der Waals surface area (Å²) in [5.74, 6) is 0.0339. The van der Waals surface area contributed by atoms with Crippen molar-refractivity contribution < 1.29 is 4.79 Å². The molecule has 0 saturated carbocycles. The molecule has 0 unspecified atom stereocenters. The minimum absolute atomic E-state index is 0.0339. The Bertz CT molecular complexity index is 417. The van der Waals surface area contributed by atoms with E-state index in [-0.39, 0.29) is 5.91 Å². The molecule has 0 atom stereocenters. The quantitative estimate of drug-likeness (QED) is 0.758. The Balaban J connectivity index is 1.92. The van der Waals surface area contributed by atoms with Gasteiger partial charge in [0.15, 0.2) is 0 Å². The van der Waals surface area contributed by atoms with E-state index in [0.29, 0.717) is 6.54 Å². The summed E-state index contributed by atoms with van der Waals surface area (Å²) in [5, 5.41) is 2.82. The fourth-order valence-corrected chi connectivity index (χ4v) is 2.28. The van der Waals surface area contributed by atoms with Crippen LogP contribution in [0.15, 0.2) is 18.2 Å². The lowest BCUT2D eigenvalue weighted by atomic mass is 9.98. The second kappa shape index (κ2) is 5.19. The molecular weight excluding hydrogens is 214 g/mol. The molecule has 17 heavy (non-hydrogen) atoms. The average molecular weight is 233 g/mol. The summed E-state index contributed by atoms with van der Waals surface area (Å²) in [6.07, 6.45) is 1.00. The van der Waals surface area contributed by atoms with Crippen molar-refractivity contribution >= 4 is 11.6 Å². The van der Waals surface area contributed by atoms with Gasteiger partial charge in [0, 0.05) is 38.8 Å². The Labute approximate surface area is 102 Å². The first-order valence-electron chi connectivity index (χ1n) is 6.00. The Morgan fingerprint density at radius 1 is 1.53 bits per heavy atom. The zero-order valence-electron chi connectivity index (χ0n) is 10.2. The number of rotatable bonds is 3. The molecule has 92 valence electrons. The summed E-state index contributed by atoms with van der Waals surface area (Å²) in [6, 6.07) is 6.10. The van der Waals surface area contributed by atoms with Crippen LogP contribution in [0.25, 0.3) is 0 Å². The molecule has 1 aromatic carbocycles. The van der Waals surface area contributed by atoms with Gasteiger partial charge in [-0.15, -0.1) is 0 Å². The molecule has 0 aliphatic carbocycles. The van der Waals surface area contributed by atoms with Gasteiger partial charge in [0.25, 0.3) is 0 Å². The second-order valence-electron chi connectivity index (χ2n) is 4.49. The van der Waals surface area contributed by atoms with Crippen LogP contribution in [0.4, 0.5) is 5.69 Å². The minimum atomic E-state index is 0.0339. The monoisotopic (exact) mass is 233 g/mol. The molecule has 0 radical (unpaired) electrons. The van der Waals surface area contributed by atoms with Gasteiger partial charge in [0.05, 0.1) is 0 Å². The van der Waals surface area contributed by atoms with Crippen LogP contribution in [0.5, 0.6) is 0 Å². The van der Waals surface area contributed by atoms with Crippen molar-refractivity contribution in [2.45, 2.75) is 19.9 Å². The molecule has 2 rings (SSSR count). The molecule has 1 aromatic rings. The number of carbonyl (C=O) groups is 1.